The first kappa shape index (κ1) is 17.7. The molecule has 0 aromatic carbocycles. The third-order valence-electron chi connectivity index (χ3n) is 5.36. The standard InChI is InChI=1S/C17H19ClN4O3S/c18-13-3-11(16(24)25)4-20-15(13)22-6-12-5-21(7-14-19-1-2-26-14)8-17(12,9-22)10-23/h1-4,12,23H,5-10H2,(H,24,25). The average Bonchev–Trinajstić information content (AvgIpc) is 3.29. The molecule has 138 valence electrons. The SMILES string of the molecule is O=C(O)c1cnc(N2CC3CN(Cc4nccs4)CC3(CO)C2)c(Cl)c1. The smallest absolute Gasteiger partial charge is 0.337 e. The number of aromatic nitrogens is 2. The number of thiazole rings is 1. The molecule has 2 aliphatic heterocycles. The number of carboxylic acid groups (broad SMARTS) is 1. The van der Waals surface area contributed by atoms with E-state index in [1.54, 1.807) is 11.3 Å². The summed E-state index contributed by atoms with van der Waals surface area (Å²) in [6.07, 6.45) is 3.15. The van der Waals surface area contributed by atoms with Gasteiger partial charge in [0.25, 0.3) is 0 Å². The number of aliphatic hydroxyl groups excluding tert-OH is 1. The Morgan fingerprint density at radius 3 is 2.85 bits per heavy atom. The number of carboxylic acids is 1. The number of rotatable bonds is 5. The van der Waals surface area contributed by atoms with Gasteiger partial charge in [0.15, 0.2) is 0 Å². The number of aliphatic hydroxyl groups is 1. The summed E-state index contributed by atoms with van der Waals surface area (Å²) in [5.41, 5.74) is -0.141. The van der Waals surface area contributed by atoms with E-state index >= 15 is 0 Å². The van der Waals surface area contributed by atoms with Crippen molar-refractivity contribution in [2.45, 2.75) is 6.54 Å². The van der Waals surface area contributed by atoms with Crippen molar-refractivity contribution in [3.8, 4) is 0 Å². The lowest BCUT2D eigenvalue weighted by Gasteiger charge is -2.27. The first-order valence-electron chi connectivity index (χ1n) is 8.36. The summed E-state index contributed by atoms with van der Waals surface area (Å²) in [7, 11) is 0. The van der Waals surface area contributed by atoms with Gasteiger partial charge in [0.2, 0.25) is 0 Å². The number of fused-ring (bicyclic) bond motifs is 1. The minimum Gasteiger partial charge on any atom is -0.478 e. The van der Waals surface area contributed by atoms with E-state index in [0.717, 1.165) is 31.2 Å². The number of hydrogen-bond donors (Lipinski definition) is 2. The molecule has 4 rings (SSSR count). The lowest BCUT2D eigenvalue weighted by atomic mass is 9.82. The van der Waals surface area contributed by atoms with Crippen molar-refractivity contribution in [1.29, 1.82) is 0 Å². The van der Waals surface area contributed by atoms with Crippen LogP contribution in [0.25, 0.3) is 0 Å². The number of anilines is 1. The topological polar surface area (TPSA) is 89.8 Å². The molecule has 26 heavy (non-hydrogen) atoms. The largest absolute Gasteiger partial charge is 0.478 e. The molecule has 4 heterocycles. The highest BCUT2D eigenvalue weighted by Gasteiger charge is 2.52. The fraction of sp³-hybridized carbons (Fsp3) is 0.471. The Morgan fingerprint density at radius 1 is 1.38 bits per heavy atom. The number of halogens is 1. The fourth-order valence-corrected chi connectivity index (χ4v) is 5.04. The van der Waals surface area contributed by atoms with E-state index in [-0.39, 0.29) is 17.6 Å². The number of pyridine rings is 1. The summed E-state index contributed by atoms with van der Waals surface area (Å²) >= 11 is 7.92. The van der Waals surface area contributed by atoms with Crippen molar-refractivity contribution in [2.75, 3.05) is 37.7 Å². The third-order valence-corrected chi connectivity index (χ3v) is 6.40. The summed E-state index contributed by atoms with van der Waals surface area (Å²) < 4.78 is 0. The van der Waals surface area contributed by atoms with Crippen molar-refractivity contribution in [2.24, 2.45) is 11.3 Å². The van der Waals surface area contributed by atoms with Gasteiger partial charge < -0.3 is 15.1 Å². The van der Waals surface area contributed by atoms with Gasteiger partial charge >= 0.3 is 5.97 Å². The van der Waals surface area contributed by atoms with Gasteiger partial charge in [0.1, 0.15) is 10.8 Å². The lowest BCUT2D eigenvalue weighted by Crippen LogP contribution is -2.37. The zero-order valence-electron chi connectivity index (χ0n) is 14.0. The van der Waals surface area contributed by atoms with Crippen LogP contribution in [0.5, 0.6) is 0 Å². The minimum absolute atomic E-state index is 0.0737. The van der Waals surface area contributed by atoms with E-state index in [1.165, 1.54) is 12.3 Å². The van der Waals surface area contributed by atoms with Gasteiger partial charge in [0.05, 0.1) is 23.7 Å². The van der Waals surface area contributed by atoms with Crippen LogP contribution >= 0.6 is 22.9 Å². The Hall–Kier alpha value is -1.74. The molecule has 0 amide bonds. The maximum atomic E-state index is 11.1. The zero-order valence-corrected chi connectivity index (χ0v) is 15.6. The third kappa shape index (κ3) is 3.07. The van der Waals surface area contributed by atoms with Crippen LogP contribution in [0.2, 0.25) is 5.02 Å². The molecule has 2 fully saturated rings. The molecule has 0 saturated carbocycles. The van der Waals surface area contributed by atoms with Crippen molar-refractivity contribution in [3.05, 3.63) is 39.4 Å². The van der Waals surface area contributed by atoms with Gasteiger partial charge in [-0.1, -0.05) is 11.6 Å². The molecule has 2 aromatic rings. The van der Waals surface area contributed by atoms with Gasteiger partial charge in [-0.3, -0.25) is 4.90 Å². The van der Waals surface area contributed by atoms with E-state index < -0.39 is 5.97 Å². The highest BCUT2D eigenvalue weighted by atomic mass is 35.5. The summed E-state index contributed by atoms with van der Waals surface area (Å²) in [5, 5.41) is 22.6. The van der Waals surface area contributed by atoms with Crippen LogP contribution in [0.4, 0.5) is 5.82 Å². The minimum atomic E-state index is -1.05. The molecule has 9 heteroatoms. The Bertz CT molecular complexity index is 818. The quantitative estimate of drug-likeness (QED) is 0.799. The molecule has 2 saturated heterocycles. The predicted octanol–water partition coefficient (Wildman–Crippen LogP) is 1.82. The second-order valence-corrected chi connectivity index (χ2v) is 8.41. The Morgan fingerprint density at radius 2 is 2.23 bits per heavy atom. The molecule has 0 bridgehead atoms. The molecule has 2 N–H and O–H groups in total. The molecule has 2 aliphatic rings. The van der Waals surface area contributed by atoms with Gasteiger partial charge in [-0.15, -0.1) is 11.3 Å². The summed E-state index contributed by atoms with van der Waals surface area (Å²) in [4.78, 5) is 24.1. The first-order chi connectivity index (χ1) is 12.5. The van der Waals surface area contributed by atoms with Gasteiger partial charge in [-0.05, 0) is 12.0 Å². The van der Waals surface area contributed by atoms with E-state index in [1.807, 2.05) is 11.6 Å². The molecule has 0 aliphatic carbocycles. The molecular weight excluding hydrogens is 376 g/mol. The van der Waals surface area contributed by atoms with Crippen molar-refractivity contribution < 1.29 is 15.0 Å². The highest BCUT2D eigenvalue weighted by molar-refractivity contribution is 7.09. The lowest BCUT2D eigenvalue weighted by molar-refractivity contribution is 0.0696. The number of nitrogens with zero attached hydrogens (tertiary/aromatic N) is 4. The van der Waals surface area contributed by atoms with E-state index in [0.29, 0.717) is 23.3 Å². The summed E-state index contributed by atoms with van der Waals surface area (Å²) in [6, 6.07) is 1.43. The maximum absolute atomic E-state index is 11.1. The van der Waals surface area contributed by atoms with Crippen molar-refractivity contribution in [3.63, 3.8) is 0 Å². The van der Waals surface area contributed by atoms with E-state index in [9.17, 15) is 9.90 Å². The molecule has 2 unspecified atom stereocenters. The normalized spacial score (nSPS) is 25.6. The van der Waals surface area contributed by atoms with E-state index in [4.69, 9.17) is 16.7 Å². The second-order valence-electron chi connectivity index (χ2n) is 7.03. The molecule has 0 spiro atoms. The van der Waals surface area contributed by atoms with Crippen molar-refractivity contribution >= 4 is 34.7 Å². The van der Waals surface area contributed by atoms with Crippen LogP contribution in [0.1, 0.15) is 15.4 Å². The van der Waals surface area contributed by atoms with Crippen LogP contribution in [0, 0.1) is 11.3 Å². The second kappa shape index (κ2) is 6.77. The molecule has 2 atom stereocenters. The molecule has 0 radical (unpaired) electrons. The van der Waals surface area contributed by atoms with Gasteiger partial charge in [-0.25, -0.2) is 14.8 Å². The van der Waals surface area contributed by atoms with Crippen LogP contribution in [-0.4, -0.2) is 63.8 Å². The monoisotopic (exact) mass is 394 g/mol. The van der Waals surface area contributed by atoms with Gasteiger partial charge in [-0.2, -0.15) is 0 Å². The van der Waals surface area contributed by atoms with Crippen LogP contribution in [0.3, 0.4) is 0 Å². The Labute approximate surface area is 159 Å². The highest BCUT2D eigenvalue weighted by Crippen LogP contribution is 2.44. The molecule has 2 aromatic heterocycles. The van der Waals surface area contributed by atoms with E-state index in [2.05, 4.69) is 19.8 Å². The Balaban J connectivity index is 1.50. The molecule has 7 nitrogen and oxygen atoms in total. The number of hydrogen-bond acceptors (Lipinski definition) is 7. The van der Waals surface area contributed by atoms with Gasteiger partial charge in [0, 0.05) is 49.4 Å². The number of carbonyl (C=O) groups is 1. The summed E-state index contributed by atoms with van der Waals surface area (Å²) in [5.74, 6) is -0.149. The van der Waals surface area contributed by atoms with Crippen LogP contribution < -0.4 is 4.90 Å². The number of aromatic carboxylic acids is 1. The Kier molecular flexibility index (Phi) is 4.60. The fourth-order valence-electron chi connectivity index (χ4n) is 4.10. The summed E-state index contributed by atoms with van der Waals surface area (Å²) in [6.45, 7) is 4.00. The van der Waals surface area contributed by atoms with Crippen molar-refractivity contribution in [1.82, 2.24) is 14.9 Å². The zero-order chi connectivity index (χ0) is 18.3. The van der Waals surface area contributed by atoms with Crippen LogP contribution in [0.15, 0.2) is 23.8 Å². The molecular formula is C17H19ClN4O3S. The first-order valence-corrected chi connectivity index (χ1v) is 9.62. The predicted molar refractivity (Wildman–Crippen MR) is 98.8 cm³/mol. The van der Waals surface area contributed by atoms with Crippen LogP contribution in [-0.2, 0) is 6.54 Å². The maximum Gasteiger partial charge on any atom is 0.337 e. The average molecular weight is 395 g/mol. The number of likely N-dealkylation sites (tertiary alicyclic amines) is 1.